The summed E-state index contributed by atoms with van der Waals surface area (Å²) in [5, 5.41) is 8.93. The number of carbonyl (C=O) groups is 1. The Balaban J connectivity index is 2.20. The zero-order chi connectivity index (χ0) is 14.0. The lowest BCUT2D eigenvalue weighted by Crippen LogP contribution is -2.22. The van der Waals surface area contributed by atoms with E-state index in [2.05, 4.69) is 15.0 Å². The molecule has 1 N–H and O–H groups in total. The van der Waals surface area contributed by atoms with E-state index in [-0.39, 0.29) is 5.56 Å². The van der Waals surface area contributed by atoms with Crippen LogP contribution < -0.4 is 4.90 Å². The highest BCUT2D eigenvalue weighted by atomic mass is 16.4. The van der Waals surface area contributed by atoms with Gasteiger partial charge in [0.15, 0.2) is 0 Å². The van der Waals surface area contributed by atoms with Gasteiger partial charge < -0.3 is 14.6 Å². The second-order valence-corrected chi connectivity index (χ2v) is 4.28. The lowest BCUT2D eigenvalue weighted by atomic mass is 10.2. The van der Waals surface area contributed by atoms with E-state index in [9.17, 15) is 4.79 Å². The largest absolute Gasteiger partial charge is 0.478 e. The molecule has 0 saturated heterocycles. The average Bonchev–Trinajstić information content (AvgIpc) is 2.74. The molecule has 0 unspecified atom stereocenters. The third-order valence-corrected chi connectivity index (χ3v) is 2.84. The predicted octanol–water partition coefficient (Wildman–Crippen LogP) is 0.853. The van der Waals surface area contributed by atoms with Gasteiger partial charge in [0.05, 0.1) is 17.8 Å². The quantitative estimate of drug-likeness (QED) is 0.878. The highest BCUT2D eigenvalue weighted by Crippen LogP contribution is 2.12. The second-order valence-electron chi connectivity index (χ2n) is 4.28. The number of anilines is 1. The fraction of sp³-hybridized carbons (Fsp3) is 0.333. The third kappa shape index (κ3) is 2.70. The molecule has 7 heteroatoms. The summed E-state index contributed by atoms with van der Waals surface area (Å²) in [4.78, 5) is 25.2. The Bertz CT molecular complexity index is 608. The van der Waals surface area contributed by atoms with Crippen LogP contribution in [0.4, 0.5) is 5.95 Å². The van der Waals surface area contributed by atoms with Gasteiger partial charge in [-0.3, -0.25) is 0 Å². The van der Waals surface area contributed by atoms with Crippen LogP contribution in [0, 0.1) is 6.92 Å². The summed E-state index contributed by atoms with van der Waals surface area (Å²) < 4.78 is 1.91. The first-order valence-corrected chi connectivity index (χ1v) is 5.73. The van der Waals surface area contributed by atoms with Crippen molar-refractivity contribution in [1.29, 1.82) is 0 Å². The molecule has 2 aromatic rings. The van der Waals surface area contributed by atoms with Gasteiger partial charge in [-0.2, -0.15) is 0 Å². The molecular weight excluding hydrogens is 246 g/mol. The number of hydrogen-bond donors (Lipinski definition) is 1. The summed E-state index contributed by atoms with van der Waals surface area (Å²) in [6, 6.07) is 0. The zero-order valence-electron chi connectivity index (χ0n) is 11.0. The van der Waals surface area contributed by atoms with Gasteiger partial charge in [-0.15, -0.1) is 0 Å². The van der Waals surface area contributed by atoms with Crippen molar-refractivity contribution in [3.8, 4) is 0 Å². The van der Waals surface area contributed by atoms with Crippen LogP contribution in [0.5, 0.6) is 0 Å². The number of imidazole rings is 1. The molecule has 100 valence electrons. The molecule has 2 heterocycles. The molecule has 0 spiro atoms. The first-order valence-electron chi connectivity index (χ1n) is 5.73. The van der Waals surface area contributed by atoms with Crippen LogP contribution in [0.25, 0.3) is 0 Å². The highest BCUT2D eigenvalue weighted by Gasteiger charge is 2.13. The second kappa shape index (κ2) is 5.05. The van der Waals surface area contributed by atoms with Crippen molar-refractivity contribution in [3.05, 3.63) is 35.7 Å². The Hall–Kier alpha value is -2.44. The molecule has 0 aromatic carbocycles. The van der Waals surface area contributed by atoms with Crippen molar-refractivity contribution < 1.29 is 9.90 Å². The Morgan fingerprint density at radius 2 is 2.21 bits per heavy atom. The maximum Gasteiger partial charge on any atom is 0.339 e. The zero-order valence-corrected chi connectivity index (χ0v) is 11.0. The third-order valence-electron chi connectivity index (χ3n) is 2.84. The number of aromatic nitrogens is 4. The lowest BCUT2D eigenvalue weighted by Gasteiger charge is -2.17. The normalized spacial score (nSPS) is 10.5. The number of rotatable bonds is 4. The van der Waals surface area contributed by atoms with Crippen molar-refractivity contribution in [2.75, 3.05) is 11.9 Å². The Labute approximate surface area is 110 Å². The minimum atomic E-state index is -1.02. The summed E-state index contributed by atoms with van der Waals surface area (Å²) in [7, 11) is 3.75. The van der Waals surface area contributed by atoms with E-state index in [4.69, 9.17) is 5.11 Å². The summed E-state index contributed by atoms with van der Waals surface area (Å²) in [5.74, 6) is 0.340. The van der Waals surface area contributed by atoms with Crippen LogP contribution in [0.2, 0.25) is 0 Å². The Morgan fingerprint density at radius 1 is 1.47 bits per heavy atom. The van der Waals surface area contributed by atoms with E-state index in [1.807, 2.05) is 29.8 Å². The number of aryl methyl sites for hydroxylation is 2. The first-order chi connectivity index (χ1) is 8.99. The first kappa shape index (κ1) is 13.0. The summed E-state index contributed by atoms with van der Waals surface area (Å²) >= 11 is 0. The van der Waals surface area contributed by atoms with E-state index in [1.54, 1.807) is 13.1 Å². The molecular formula is C12H15N5O2. The topological polar surface area (TPSA) is 84.1 Å². The van der Waals surface area contributed by atoms with E-state index in [1.165, 1.54) is 6.20 Å². The molecule has 0 aliphatic heterocycles. The maximum absolute atomic E-state index is 10.9. The number of carboxylic acid groups (broad SMARTS) is 1. The van der Waals surface area contributed by atoms with E-state index < -0.39 is 5.97 Å². The molecule has 19 heavy (non-hydrogen) atoms. The van der Waals surface area contributed by atoms with Crippen LogP contribution in [0.3, 0.4) is 0 Å². The Kier molecular flexibility index (Phi) is 3.46. The standard InChI is InChI=1S/C12H15N5O2/c1-8-9(11(18)19)6-14-12(15-8)17(3)7-10-13-4-5-16(10)2/h4-6H,7H2,1-3H3,(H,18,19). The Morgan fingerprint density at radius 3 is 2.74 bits per heavy atom. The maximum atomic E-state index is 10.9. The van der Waals surface area contributed by atoms with Crippen molar-refractivity contribution in [3.63, 3.8) is 0 Å². The molecule has 0 atom stereocenters. The van der Waals surface area contributed by atoms with Gasteiger partial charge in [-0.05, 0) is 6.92 Å². The van der Waals surface area contributed by atoms with Gasteiger partial charge in [0.2, 0.25) is 5.95 Å². The molecule has 2 rings (SSSR count). The van der Waals surface area contributed by atoms with Gasteiger partial charge in [-0.25, -0.2) is 19.7 Å². The van der Waals surface area contributed by atoms with Crippen molar-refractivity contribution in [1.82, 2.24) is 19.5 Å². The predicted molar refractivity (Wildman–Crippen MR) is 69.0 cm³/mol. The minimum Gasteiger partial charge on any atom is -0.478 e. The molecule has 0 saturated carbocycles. The smallest absolute Gasteiger partial charge is 0.339 e. The number of carboxylic acids is 1. The van der Waals surface area contributed by atoms with E-state index in [0.717, 1.165) is 5.82 Å². The van der Waals surface area contributed by atoms with Crippen molar-refractivity contribution >= 4 is 11.9 Å². The van der Waals surface area contributed by atoms with Gasteiger partial charge in [0.25, 0.3) is 0 Å². The van der Waals surface area contributed by atoms with Crippen molar-refractivity contribution in [2.24, 2.45) is 7.05 Å². The number of hydrogen-bond acceptors (Lipinski definition) is 5. The summed E-state index contributed by atoms with van der Waals surface area (Å²) in [6.45, 7) is 2.21. The van der Waals surface area contributed by atoms with Gasteiger partial charge in [-0.1, -0.05) is 0 Å². The SMILES string of the molecule is Cc1nc(N(C)Cc2nccn2C)ncc1C(=O)O. The van der Waals surface area contributed by atoms with Crippen LogP contribution in [-0.2, 0) is 13.6 Å². The molecule has 2 aromatic heterocycles. The summed E-state index contributed by atoms with van der Waals surface area (Å²) in [5.41, 5.74) is 0.568. The fourth-order valence-corrected chi connectivity index (χ4v) is 1.68. The van der Waals surface area contributed by atoms with Crippen LogP contribution >= 0.6 is 0 Å². The van der Waals surface area contributed by atoms with Gasteiger partial charge in [0.1, 0.15) is 5.82 Å². The van der Waals surface area contributed by atoms with Crippen LogP contribution in [0.15, 0.2) is 18.6 Å². The van der Waals surface area contributed by atoms with Crippen LogP contribution in [-0.4, -0.2) is 37.6 Å². The molecule has 0 bridgehead atoms. The monoisotopic (exact) mass is 261 g/mol. The molecule has 0 fully saturated rings. The van der Waals surface area contributed by atoms with Gasteiger partial charge >= 0.3 is 5.97 Å². The number of nitrogens with zero attached hydrogens (tertiary/aromatic N) is 5. The molecule has 0 amide bonds. The minimum absolute atomic E-state index is 0.120. The number of aromatic carboxylic acids is 1. The lowest BCUT2D eigenvalue weighted by molar-refractivity contribution is 0.0695. The van der Waals surface area contributed by atoms with E-state index >= 15 is 0 Å². The highest BCUT2D eigenvalue weighted by molar-refractivity contribution is 5.88. The fourth-order valence-electron chi connectivity index (χ4n) is 1.68. The van der Waals surface area contributed by atoms with Gasteiger partial charge in [0, 0.05) is 32.7 Å². The molecule has 0 aliphatic rings. The summed E-state index contributed by atoms with van der Waals surface area (Å²) in [6.07, 6.45) is 4.92. The molecule has 0 radical (unpaired) electrons. The molecule has 0 aliphatic carbocycles. The van der Waals surface area contributed by atoms with Crippen LogP contribution in [0.1, 0.15) is 21.9 Å². The average molecular weight is 261 g/mol. The van der Waals surface area contributed by atoms with E-state index in [0.29, 0.717) is 18.2 Å². The van der Waals surface area contributed by atoms with Crippen molar-refractivity contribution in [2.45, 2.75) is 13.5 Å². The molecule has 7 nitrogen and oxygen atoms in total.